The van der Waals surface area contributed by atoms with E-state index in [4.69, 9.17) is 4.74 Å². The largest absolute Gasteiger partial charge is 0.370 e. The second kappa shape index (κ2) is 5.44. The summed E-state index contributed by atoms with van der Waals surface area (Å²) in [5, 5.41) is 9.28. The van der Waals surface area contributed by atoms with Crippen molar-refractivity contribution in [1.82, 2.24) is 0 Å². The van der Waals surface area contributed by atoms with Crippen molar-refractivity contribution in [2.24, 2.45) is 0 Å². The molecule has 0 unspecified atom stereocenters. The molecule has 1 fully saturated rings. The number of quaternary nitrogens is 1. The summed E-state index contributed by atoms with van der Waals surface area (Å²) in [7, 11) is 0. The van der Waals surface area contributed by atoms with Crippen LogP contribution in [0.25, 0.3) is 0 Å². The highest BCUT2D eigenvalue weighted by atomic mass is 79.9. The summed E-state index contributed by atoms with van der Waals surface area (Å²) in [5.41, 5.74) is 1.09. The average molecular weight is 282 g/mol. The smallest absolute Gasteiger partial charge is 0.200 e. The van der Waals surface area contributed by atoms with Crippen LogP contribution >= 0.6 is 15.9 Å². The molecular weight excluding hydrogens is 268 g/mol. The molecule has 0 bridgehead atoms. The van der Waals surface area contributed by atoms with E-state index in [0.29, 0.717) is 0 Å². The van der Waals surface area contributed by atoms with Gasteiger partial charge in [0.2, 0.25) is 6.04 Å². The third kappa shape index (κ3) is 2.62. The van der Waals surface area contributed by atoms with E-state index in [9.17, 15) is 5.26 Å². The van der Waals surface area contributed by atoms with E-state index in [0.717, 1.165) is 36.3 Å². The van der Waals surface area contributed by atoms with Gasteiger partial charge in [-0.1, -0.05) is 28.1 Å². The van der Waals surface area contributed by atoms with Gasteiger partial charge in [0.05, 0.1) is 13.2 Å². The van der Waals surface area contributed by atoms with Crippen molar-refractivity contribution in [1.29, 1.82) is 5.26 Å². The molecule has 1 aliphatic heterocycles. The zero-order valence-corrected chi connectivity index (χ0v) is 10.5. The quantitative estimate of drug-likeness (QED) is 0.876. The van der Waals surface area contributed by atoms with Gasteiger partial charge < -0.3 is 9.64 Å². The lowest BCUT2D eigenvalue weighted by molar-refractivity contribution is -0.930. The molecule has 0 spiro atoms. The van der Waals surface area contributed by atoms with Gasteiger partial charge in [0.25, 0.3) is 0 Å². The Morgan fingerprint density at radius 1 is 1.25 bits per heavy atom. The van der Waals surface area contributed by atoms with Crippen LogP contribution in [0.2, 0.25) is 0 Å². The molecule has 1 saturated heterocycles. The second-order valence-corrected chi connectivity index (χ2v) is 4.80. The number of rotatable bonds is 2. The SMILES string of the molecule is N#C[C@H](c1ccc(Br)cc1)[NH+]1CCOCC1. The Bertz CT molecular complexity index is 379. The van der Waals surface area contributed by atoms with E-state index < -0.39 is 0 Å². The van der Waals surface area contributed by atoms with Crippen LogP contribution in [0.4, 0.5) is 0 Å². The molecule has 1 N–H and O–H groups in total. The molecule has 0 radical (unpaired) electrons. The van der Waals surface area contributed by atoms with Crippen LogP contribution in [0.1, 0.15) is 11.6 Å². The summed E-state index contributed by atoms with van der Waals surface area (Å²) in [6.07, 6.45) is 0. The van der Waals surface area contributed by atoms with Crippen LogP contribution in [0.15, 0.2) is 28.7 Å². The molecule has 0 aromatic heterocycles. The van der Waals surface area contributed by atoms with Gasteiger partial charge in [-0.05, 0) is 12.1 Å². The van der Waals surface area contributed by atoms with Crippen LogP contribution in [0.5, 0.6) is 0 Å². The van der Waals surface area contributed by atoms with Crippen molar-refractivity contribution in [3.8, 4) is 6.07 Å². The number of ether oxygens (including phenoxy) is 1. The molecular formula is C12H14BrN2O+. The highest BCUT2D eigenvalue weighted by molar-refractivity contribution is 9.10. The molecule has 2 rings (SSSR count). The number of hydrogen-bond acceptors (Lipinski definition) is 2. The Hall–Kier alpha value is -0.890. The van der Waals surface area contributed by atoms with Gasteiger partial charge in [-0.2, -0.15) is 5.26 Å². The normalized spacial score (nSPS) is 19.0. The Morgan fingerprint density at radius 3 is 2.44 bits per heavy atom. The van der Waals surface area contributed by atoms with Gasteiger partial charge in [0.15, 0.2) is 0 Å². The maximum Gasteiger partial charge on any atom is 0.200 e. The molecule has 1 aliphatic rings. The predicted molar refractivity (Wildman–Crippen MR) is 64.0 cm³/mol. The van der Waals surface area contributed by atoms with E-state index in [1.165, 1.54) is 4.90 Å². The number of hydrogen-bond donors (Lipinski definition) is 1. The van der Waals surface area contributed by atoms with Crippen molar-refractivity contribution >= 4 is 15.9 Å². The zero-order chi connectivity index (χ0) is 11.4. The van der Waals surface area contributed by atoms with Gasteiger partial charge >= 0.3 is 0 Å². The van der Waals surface area contributed by atoms with Gasteiger partial charge in [-0.3, -0.25) is 0 Å². The lowest BCUT2D eigenvalue weighted by Gasteiger charge is -2.27. The van der Waals surface area contributed by atoms with Gasteiger partial charge in [-0.25, -0.2) is 0 Å². The van der Waals surface area contributed by atoms with Crippen molar-refractivity contribution < 1.29 is 9.64 Å². The first kappa shape index (κ1) is 11.6. The molecule has 1 heterocycles. The lowest BCUT2D eigenvalue weighted by Crippen LogP contribution is -3.14. The highest BCUT2D eigenvalue weighted by Gasteiger charge is 2.25. The molecule has 1 atom stereocenters. The topological polar surface area (TPSA) is 37.5 Å². The minimum atomic E-state index is -0.0722. The number of nitriles is 1. The van der Waals surface area contributed by atoms with Crippen LogP contribution in [0.3, 0.4) is 0 Å². The maximum atomic E-state index is 9.28. The minimum absolute atomic E-state index is 0.0722. The van der Waals surface area contributed by atoms with E-state index in [1.54, 1.807) is 0 Å². The Labute approximate surface area is 104 Å². The zero-order valence-electron chi connectivity index (χ0n) is 8.95. The summed E-state index contributed by atoms with van der Waals surface area (Å²) < 4.78 is 6.36. The number of nitrogens with one attached hydrogen (secondary N) is 1. The standard InChI is InChI=1S/C12H13BrN2O/c13-11-3-1-10(2-4-11)12(9-14)15-5-7-16-8-6-15/h1-4,12H,5-8H2/p+1/t12-/m1/s1. The Morgan fingerprint density at radius 2 is 1.88 bits per heavy atom. The van der Waals surface area contributed by atoms with Crippen LogP contribution < -0.4 is 4.90 Å². The fraction of sp³-hybridized carbons (Fsp3) is 0.417. The molecule has 0 saturated carbocycles. The van der Waals surface area contributed by atoms with E-state index in [-0.39, 0.29) is 6.04 Å². The minimum Gasteiger partial charge on any atom is -0.370 e. The summed E-state index contributed by atoms with van der Waals surface area (Å²) >= 11 is 3.40. The molecule has 1 aromatic carbocycles. The van der Waals surface area contributed by atoms with E-state index in [1.807, 2.05) is 24.3 Å². The molecule has 4 heteroatoms. The monoisotopic (exact) mass is 281 g/mol. The first-order valence-corrected chi connectivity index (χ1v) is 6.18. The molecule has 1 aromatic rings. The van der Waals surface area contributed by atoms with Crippen LogP contribution in [0, 0.1) is 11.3 Å². The lowest BCUT2D eigenvalue weighted by atomic mass is 10.1. The number of morpholine rings is 1. The first-order valence-electron chi connectivity index (χ1n) is 5.38. The van der Waals surface area contributed by atoms with Gasteiger partial charge in [0, 0.05) is 10.0 Å². The second-order valence-electron chi connectivity index (χ2n) is 3.88. The van der Waals surface area contributed by atoms with Crippen molar-refractivity contribution in [2.75, 3.05) is 26.3 Å². The van der Waals surface area contributed by atoms with Crippen molar-refractivity contribution in [2.45, 2.75) is 6.04 Å². The molecule has 3 nitrogen and oxygen atoms in total. The molecule has 0 amide bonds. The average Bonchev–Trinajstić information content (AvgIpc) is 2.34. The molecule has 16 heavy (non-hydrogen) atoms. The number of nitrogens with zero attached hydrogens (tertiary/aromatic N) is 1. The Kier molecular flexibility index (Phi) is 3.94. The fourth-order valence-electron chi connectivity index (χ4n) is 1.98. The predicted octanol–water partition coefficient (Wildman–Crippen LogP) is 0.929. The fourth-order valence-corrected chi connectivity index (χ4v) is 2.24. The first-order chi connectivity index (χ1) is 7.81. The Balaban J connectivity index is 2.15. The maximum absolute atomic E-state index is 9.28. The van der Waals surface area contributed by atoms with Crippen LogP contribution in [-0.4, -0.2) is 26.3 Å². The third-order valence-electron chi connectivity index (χ3n) is 2.88. The van der Waals surface area contributed by atoms with Crippen molar-refractivity contribution in [3.63, 3.8) is 0 Å². The van der Waals surface area contributed by atoms with Crippen molar-refractivity contribution in [3.05, 3.63) is 34.3 Å². The third-order valence-corrected chi connectivity index (χ3v) is 3.40. The van der Waals surface area contributed by atoms with Crippen LogP contribution in [-0.2, 0) is 4.74 Å². The summed E-state index contributed by atoms with van der Waals surface area (Å²) in [4.78, 5) is 1.30. The van der Waals surface area contributed by atoms with E-state index in [2.05, 4.69) is 22.0 Å². The van der Waals surface area contributed by atoms with Gasteiger partial charge in [0.1, 0.15) is 19.2 Å². The summed E-state index contributed by atoms with van der Waals surface area (Å²) in [5.74, 6) is 0. The number of halogens is 1. The number of benzene rings is 1. The molecule has 0 aliphatic carbocycles. The highest BCUT2D eigenvalue weighted by Crippen LogP contribution is 2.14. The molecule has 84 valence electrons. The van der Waals surface area contributed by atoms with E-state index >= 15 is 0 Å². The summed E-state index contributed by atoms with van der Waals surface area (Å²) in [6, 6.07) is 10.3. The van der Waals surface area contributed by atoms with Gasteiger partial charge in [-0.15, -0.1) is 0 Å². The summed E-state index contributed by atoms with van der Waals surface area (Å²) in [6.45, 7) is 3.33.